The smallest absolute Gasteiger partial charge is 0.311 e. The third-order valence-corrected chi connectivity index (χ3v) is 2.03. The highest BCUT2D eigenvalue weighted by atomic mass is 35.5. The molecule has 0 saturated heterocycles. The SMILES string of the molecule is CC.Cc1cc2ccc(Cl)n2c(=O)[nH]1. The molecule has 0 amide bonds. The summed E-state index contributed by atoms with van der Waals surface area (Å²) in [5.41, 5.74) is 1.46. The summed E-state index contributed by atoms with van der Waals surface area (Å²) >= 11 is 5.77. The average molecular weight is 213 g/mol. The number of hydrogen-bond acceptors (Lipinski definition) is 1. The maximum Gasteiger partial charge on any atom is 0.331 e. The molecule has 76 valence electrons. The van der Waals surface area contributed by atoms with Gasteiger partial charge in [0, 0.05) is 5.69 Å². The maximum absolute atomic E-state index is 11.3. The molecular formula is C10H13ClN2O. The summed E-state index contributed by atoms with van der Waals surface area (Å²) in [5, 5.41) is 0.436. The molecule has 0 aromatic carbocycles. The van der Waals surface area contributed by atoms with Crippen LogP contribution in [0.3, 0.4) is 0 Å². The van der Waals surface area contributed by atoms with Gasteiger partial charge in [-0.05, 0) is 25.1 Å². The minimum absolute atomic E-state index is 0.194. The van der Waals surface area contributed by atoms with Crippen molar-refractivity contribution >= 4 is 17.1 Å². The molecule has 4 heteroatoms. The summed E-state index contributed by atoms with van der Waals surface area (Å²) in [4.78, 5) is 14.0. The molecule has 2 aromatic heterocycles. The largest absolute Gasteiger partial charge is 0.331 e. The van der Waals surface area contributed by atoms with Crippen LogP contribution in [0, 0.1) is 6.92 Å². The van der Waals surface area contributed by atoms with Gasteiger partial charge in [-0.15, -0.1) is 0 Å². The fourth-order valence-electron chi connectivity index (χ4n) is 1.24. The Morgan fingerprint density at radius 3 is 2.64 bits per heavy atom. The number of aryl methyl sites for hydroxylation is 1. The summed E-state index contributed by atoms with van der Waals surface area (Å²) in [7, 11) is 0. The zero-order chi connectivity index (χ0) is 10.7. The van der Waals surface area contributed by atoms with Crippen molar-refractivity contribution in [3.8, 4) is 0 Å². The average Bonchev–Trinajstić information content (AvgIpc) is 2.51. The van der Waals surface area contributed by atoms with Crippen molar-refractivity contribution in [2.45, 2.75) is 20.8 Å². The topological polar surface area (TPSA) is 37.3 Å². The molecule has 2 aromatic rings. The Kier molecular flexibility index (Phi) is 3.36. The van der Waals surface area contributed by atoms with Gasteiger partial charge in [0.2, 0.25) is 0 Å². The van der Waals surface area contributed by atoms with Gasteiger partial charge in [0.05, 0.1) is 5.52 Å². The summed E-state index contributed by atoms with van der Waals surface area (Å²) in [6.07, 6.45) is 0. The maximum atomic E-state index is 11.3. The molecule has 0 aliphatic rings. The molecular weight excluding hydrogens is 200 g/mol. The molecule has 0 bridgehead atoms. The molecule has 14 heavy (non-hydrogen) atoms. The Bertz CT molecular complexity index is 484. The Labute approximate surface area is 87.3 Å². The first-order valence-electron chi connectivity index (χ1n) is 4.55. The van der Waals surface area contributed by atoms with Crippen LogP contribution in [-0.2, 0) is 0 Å². The zero-order valence-corrected chi connectivity index (χ0v) is 9.22. The predicted molar refractivity (Wildman–Crippen MR) is 59.1 cm³/mol. The molecule has 0 aliphatic heterocycles. The molecule has 0 unspecified atom stereocenters. The van der Waals surface area contributed by atoms with Gasteiger partial charge in [-0.25, -0.2) is 4.79 Å². The van der Waals surface area contributed by atoms with Crippen molar-refractivity contribution in [3.05, 3.63) is 39.5 Å². The van der Waals surface area contributed by atoms with Gasteiger partial charge in [0.1, 0.15) is 5.15 Å². The molecule has 0 radical (unpaired) electrons. The third kappa shape index (κ3) is 1.82. The van der Waals surface area contributed by atoms with Crippen LogP contribution in [-0.4, -0.2) is 9.38 Å². The molecule has 3 nitrogen and oxygen atoms in total. The standard InChI is InChI=1S/C8H7ClN2O.C2H6/c1-5-4-6-2-3-7(9)11(6)8(12)10-5;1-2/h2-4H,1H3,(H,10,12);1-2H3. The van der Waals surface area contributed by atoms with Gasteiger partial charge in [-0.1, -0.05) is 25.4 Å². The van der Waals surface area contributed by atoms with Gasteiger partial charge >= 0.3 is 5.69 Å². The molecule has 2 heterocycles. The molecule has 0 atom stereocenters. The Balaban J connectivity index is 0.000000461. The highest BCUT2D eigenvalue weighted by Gasteiger charge is 2.01. The van der Waals surface area contributed by atoms with Crippen molar-refractivity contribution in [3.63, 3.8) is 0 Å². The van der Waals surface area contributed by atoms with Crippen LogP contribution in [0.4, 0.5) is 0 Å². The first kappa shape index (κ1) is 10.9. The lowest BCUT2D eigenvalue weighted by atomic mass is 10.4. The van der Waals surface area contributed by atoms with Crippen LogP contribution in [0.5, 0.6) is 0 Å². The van der Waals surface area contributed by atoms with Gasteiger partial charge in [-0.3, -0.25) is 4.40 Å². The summed E-state index contributed by atoms with van der Waals surface area (Å²) in [5.74, 6) is 0. The lowest BCUT2D eigenvalue weighted by Gasteiger charge is -1.96. The molecule has 0 saturated carbocycles. The van der Waals surface area contributed by atoms with Crippen molar-refractivity contribution < 1.29 is 0 Å². The number of hydrogen-bond donors (Lipinski definition) is 1. The summed E-state index contributed by atoms with van der Waals surface area (Å²) in [6.45, 7) is 5.84. The number of H-pyrrole nitrogens is 1. The van der Waals surface area contributed by atoms with Gasteiger partial charge < -0.3 is 4.98 Å². The first-order valence-corrected chi connectivity index (χ1v) is 4.93. The number of nitrogens with zero attached hydrogens (tertiary/aromatic N) is 1. The molecule has 0 spiro atoms. The third-order valence-electron chi connectivity index (χ3n) is 1.74. The van der Waals surface area contributed by atoms with Gasteiger partial charge in [0.25, 0.3) is 0 Å². The second-order valence-corrected chi connectivity index (χ2v) is 3.06. The summed E-state index contributed by atoms with van der Waals surface area (Å²) < 4.78 is 1.43. The predicted octanol–water partition coefficient (Wildman–Crippen LogP) is 2.62. The number of halogens is 1. The van der Waals surface area contributed by atoms with E-state index in [1.54, 1.807) is 6.07 Å². The fourth-order valence-corrected chi connectivity index (χ4v) is 1.47. The number of nitrogens with one attached hydrogen (secondary N) is 1. The quantitative estimate of drug-likeness (QED) is 0.716. The minimum atomic E-state index is -0.194. The number of aromatic amines is 1. The van der Waals surface area contributed by atoms with Crippen molar-refractivity contribution in [2.24, 2.45) is 0 Å². The van der Waals surface area contributed by atoms with E-state index in [1.807, 2.05) is 32.9 Å². The lowest BCUT2D eigenvalue weighted by molar-refractivity contribution is 0.979. The van der Waals surface area contributed by atoms with E-state index in [-0.39, 0.29) is 5.69 Å². The van der Waals surface area contributed by atoms with Crippen LogP contribution >= 0.6 is 11.6 Å². The Hall–Kier alpha value is -1.22. The normalized spacial score (nSPS) is 9.71. The van der Waals surface area contributed by atoms with Crippen LogP contribution in [0.25, 0.3) is 5.52 Å². The van der Waals surface area contributed by atoms with Crippen LogP contribution in [0.2, 0.25) is 5.15 Å². The highest BCUT2D eigenvalue weighted by molar-refractivity contribution is 6.30. The van der Waals surface area contributed by atoms with E-state index < -0.39 is 0 Å². The van der Waals surface area contributed by atoms with Crippen molar-refractivity contribution in [1.82, 2.24) is 9.38 Å². The van der Waals surface area contributed by atoms with E-state index in [4.69, 9.17) is 11.6 Å². The summed E-state index contributed by atoms with van der Waals surface area (Å²) in [6, 6.07) is 5.38. The Morgan fingerprint density at radius 1 is 1.36 bits per heavy atom. The van der Waals surface area contributed by atoms with Crippen LogP contribution in [0.1, 0.15) is 19.5 Å². The monoisotopic (exact) mass is 212 g/mol. The van der Waals surface area contributed by atoms with E-state index in [0.29, 0.717) is 5.15 Å². The second kappa shape index (κ2) is 4.33. The lowest BCUT2D eigenvalue weighted by Crippen LogP contribution is -2.16. The zero-order valence-electron chi connectivity index (χ0n) is 8.47. The van der Waals surface area contributed by atoms with Crippen LogP contribution < -0.4 is 5.69 Å². The van der Waals surface area contributed by atoms with Gasteiger partial charge in [-0.2, -0.15) is 0 Å². The van der Waals surface area contributed by atoms with Crippen molar-refractivity contribution in [1.29, 1.82) is 0 Å². The van der Waals surface area contributed by atoms with Crippen LogP contribution in [0.15, 0.2) is 23.0 Å². The minimum Gasteiger partial charge on any atom is -0.311 e. The van der Waals surface area contributed by atoms with E-state index >= 15 is 0 Å². The molecule has 0 aliphatic carbocycles. The number of fused-ring (bicyclic) bond motifs is 1. The van der Waals surface area contributed by atoms with E-state index in [1.165, 1.54) is 4.40 Å². The van der Waals surface area contributed by atoms with E-state index in [2.05, 4.69) is 4.98 Å². The number of rotatable bonds is 0. The van der Waals surface area contributed by atoms with E-state index in [0.717, 1.165) is 11.2 Å². The number of aromatic nitrogens is 2. The van der Waals surface area contributed by atoms with Crippen molar-refractivity contribution in [2.75, 3.05) is 0 Å². The second-order valence-electron chi connectivity index (χ2n) is 2.67. The molecule has 1 N–H and O–H groups in total. The molecule has 0 fully saturated rings. The first-order chi connectivity index (χ1) is 6.68. The van der Waals surface area contributed by atoms with E-state index in [9.17, 15) is 4.79 Å². The fraction of sp³-hybridized carbons (Fsp3) is 0.300. The molecule has 2 rings (SSSR count). The van der Waals surface area contributed by atoms with Gasteiger partial charge in [0.15, 0.2) is 0 Å². The Morgan fingerprint density at radius 2 is 2.00 bits per heavy atom. The highest BCUT2D eigenvalue weighted by Crippen LogP contribution is 2.11.